The highest BCUT2D eigenvalue weighted by atomic mass is 16.5. The van der Waals surface area contributed by atoms with E-state index in [1.807, 2.05) is 6.07 Å². The maximum absolute atomic E-state index is 13.7. The van der Waals surface area contributed by atoms with Crippen LogP contribution < -0.4 is 20.1 Å². The van der Waals surface area contributed by atoms with E-state index in [1.54, 1.807) is 56.3 Å². The number of oxazole rings is 1. The molecule has 43 heavy (non-hydrogen) atoms. The van der Waals surface area contributed by atoms with Gasteiger partial charge in [0.05, 0.1) is 20.1 Å². The molecule has 0 spiro atoms. The predicted octanol–water partition coefficient (Wildman–Crippen LogP) is 2.19. The molecule has 3 N–H and O–H groups in total. The number of para-hydroxylation sites is 2. The number of aromatic nitrogens is 1. The zero-order valence-electron chi connectivity index (χ0n) is 24.2. The first-order chi connectivity index (χ1) is 20.5. The van der Waals surface area contributed by atoms with Crippen molar-refractivity contribution in [3.8, 4) is 11.5 Å². The molecule has 1 aliphatic rings. The number of carboxylic acids is 1. The fourth-order valence-electron chi connectivity index (χ4n) is 4.97. The van der Waals surface area contributed by atoms with Gasteiger partial charge in [0.2, 0.25) is 23.5 Å². The molecule has 1 aromatic heterocycles. The standard InChI is InChI=1S/C30H34N4O9/c1-16(2)25(31-17(3)35)30(40)34-15-19(42-18-9-6-5-7-10-18)13-22(34)28(39)32-21(14-24(36)37)26(38)29-33-20-11-8-12-23(41-4)27(20)43-29/h5-12,16,19,21-22,25H,13-15H2,1-4H3,(H,31,35)(H,32,39)(H,36,37)/t19-,21+,22+,25+/m1/s1. The van der Waals surface area contributed by atoms with Crippen LogP contribution in [0.4, 0.5) is 0 Å². The fraction of sp³-hybridized carbons (Fsp3) is 0.400. The number of Topliss-reactive ketones (excluding diaryl/α,β-unsaturated/α-hetero) is 1. The lowest BCUT2D eigenvalue weighted by atomic mass is 10.0. The van der Waals surface area contributed by atoms with Crippen molar-refractivity contribution in [2.75, 3.05) is 13.7 Å². The Bertz CT molecular complexity index is 1500. The molecule has 4 rings (SSSR count). The summed E-state index contributed by atoms with van der Waals surface area (Å²) in [6, 6.07) is 10.1. The number of hydrogen-bond acceptors (Lipinski definition) is 9. The second-order valence-electron chi connectivity index (χ2n) is 10.6. The Morgan fingerprint density at radius 1 is 1.07 bits per heavy atom. The smallest absolute Gasteiger partial charge is 0.305 e. The molecule has 0 radical (unpaired) electrons. The highest BCUT2D eigenvalue weighted by molar-refractivity contribution is 6.03. The van der Waals surface area contributed by atoms with Crippen LogP contribution in [0.2, 0.25) is 0 Å². The maximum Gasteiger partial charge on any atom is 0.305 e. The second kappa shape index (κ2) is 13.4. The van der Waals surface area contributed by atoms with Gasteiger partial charge >= 0.3 is 5.97 Å². The first kappa shape index (κ1) is 31.0. The van der Waals surface area contributed by atoms with E-state index in [1.165, 1.54) is 18.9 Å². The third kappa shape index (κ3) is 7.29. The van der Waals surface area contributed by atoms with Crippen molar-refractivity contribution < 1.29 is 43.0 Å². The molecular weight excluding hydrogens is 560 g/mol. The molecule has 1 saturated heterocycles. The Labute approximate surface area is 247 Å². The van der Waals surface area contributed by atoms with Crippen LogP contribution in [0.3, 0.4) is 0 Å². The van der Waals surface area contributed by atoms with Crippen LogP contribution in [0.1, 0.15) is 44.3 Å². The number of ether oxygens (including phenoxy) is 2. The third-order valence-corrected chi connectivity index (χ3v) is 7.01. The number of likely N-dealkylation sites (tertiary alicyclic amines) is 1. The van der Waals surface area contributed by atoms with E-state index in [0.717, 1.165) is 0 Å². The number of nitrogens with zero attached hydrogens (tertiary/aromatic N) is 2. The van der Waals surface area contributed by atoms with Crippen LogP contribution in [0.15, 0.2) is 52.9 Å². The van der Waals surface area contributed by atoms with Crippen LogP contribution in [0.5, 0.6) is 11.5 Å². The summed E-state index contributed by atoms with van der Waals surface area (Å²) in [5.41, 5.74) is 0.509. The van der Waals surface area contributed by atoms with Crippen LogP contribution >= 0.6 is 0 Å². The quantitative estimate of drug-likeness (QED) is 0.263. The van der Waals surface area contributed by atoms with Crippen LogP contribution in [-0.4, -0.2) is 82.3 Å². The van der Waals surface area contributed by atoms with Gasteiger partial charge in [-0.3, -0.25) is 24.0 Å². The Morgan fingerprint density at radius 2 is 1.79 bits per heavy atom. The lowest BCUT2D eigenvalue weighted by Gasteiger charge is -2.30. The first-order valence-electron chi connectivity index (χ1n) is 13.8. The maximum atomic E-state index is 13.7. The zero-order chi connectivity index (χ0) is 31.3. The number of carbonyl (C=O) groups is 5. The topological polar surface area (TPSA) is 177 Å². The number of ketones is 1. The van der Waals surface area contributed by atoms with Gasteiger partial charge in [0, 0.05) is 13.3 Å². The predicted molar refractivity (Wildman–Crippen MR) is 152 cm³/mol. The molecule has 0 bridgehead atoms. The number of benzene rings is 2. The number of aliphatic carboxylic acids is 1. The molecule has 3 aromatic rings. The van der Waals surface area contributed by atoms with Crippen molar-refractivity contribution >= 4 is 40.6 Å². The minimum Gasteiger partial charge on any atom is -0.493 e. The normalized spacial score (nSPS) is 17.7. The van der Waals surface area contributed by atoms with Gasteiger partial charge in [0.25, 0.3) is 5.89 Å². The summed E-state index contributed by atoms with van der Waals surface area (Å²) in [4.78, 5) is 69.9. The minimum atomic E-state index is -1.55. The molecule has 13 nitrogen and oxygen atoms in total. The van der Waals surface area contributed by atoms with Crippen molar-refractivity contribution in [3.63, 3.8) is 0 Å². The number of amides is 3. The number of carbonyl (C=O) groups excluding carboxylic acids is 4. The minimum absolute atomic E-state index is 0.0249. The van der Waals surface area contributed by atoms with Crippen LogP contribution in [0, 0.1) is 5.92 Å². The summed E-state index contributed by atoms with van der Waals surface area (Å²) in [6.45, 7) is 4.84. The molecule has 228 valence electrons. The Balaban J connectivity index is 1.61. The molecule has 2 heterocycles. The van der Waals surface area contributed by atoms with Crippen molar-refractivity contribution in [1.29, 1.82) is 0 Å². The zero-order valence-corrected chi connectivity index (χ0v) is 24.2. The second-order valence-corrected chi connectivity index (χ2v) is 10.6. The molecular formula is C30H34N4O9. The first-order valence-corrected chi connectivity index (χ1v) is 13.8. The number of rotatable bonds is 12. The van der Waals surface area contributed by atoms with E-state index < -0.39 is 66.0 Å². The summed E-state index contributed by atoms with van der Waals surface area (Å²) in [5.74, 6) is -3.72. The third-order valence-electron chi connectivity index (χ3n) is 7.01. The van der Waals surface area contributed by atoms with Gasteiger partial charge in [0.1, 0.15) is 35.5 Å². The molecule has 4 atom stereocenters. The van der Waals surface area contributed by atoms with Gasteiger partial charge in [-0.15, -0.1) is 0 Å². The summed E-state index contributed by atoms with van der Waals surface area (Å²) < 4.78 is 16.9. The Kier molecular flexibility index (Phi) is 9.63. The highest BCUT2D eigenvalue weighted by Crippen LogP contribution is 2.28. The van der Waals surface area contributed by atoms with Gasteiger partial charge in [0.15, 0.2) is 11.3 Å². The lowest BCUT2D eigenvalue weighted by molar-refractivity contribution is -0.142. The highest BCUT2D eigenvalue weighted by Gasteiger charge is 2.44. The molecule has 0 aliphatic carbocycles. The van der Waals surface area contributed by atoms with Crippen molar-refractivity contribution in [1.82, 2.24) is 20.5 Å². The number of hydrogen-bond donors (Lipinski definition) is 3. The summed E-state index contributed by atoms with van der Waals surface area (Å²) in [5, 5.41) is 14.7. The monoisotopic (exact) mass is 594 g/mol. The average Bonchev–Trinajstić information content (AvgIpc) is 3.59. The van der Waals surface area contributed by atoms with Crippen LogP contribution in [0.25, 0.3) is 11.1 Å². The summed E-state index contributed by atoms with van der Waals surface area (Å²) >= 11 is 0. The Morgan fingerprint density at radius 3 is 2.42 bits per heavy atom. The van der Waals surface area contributed by atoms with E-state index in [-0.39, 0.29) is 24.5 Å². The van der Waals surface area contributed by atoms with Gasteiger partial charge < -0.3 is 34.5 Å². The Hall–Kier alpha value is -4.94. The molecule has 2 aromatic carbocycles. The number of nitrogens with one attached hydrogen (secondary N) is 2. The number of methoxy groups -OCH3 is 1. The van der Waals surface area contributed by atoms with Gasteiger partial charge in [-0.25, -0.2) is 4.98 Å². The fourth-order valence-corrected chi connectivity index (χ4v) is 4.97. The van der Waals surface area contributed by atoms with E-state index in [2.05, 4.69) is 15.6 Å². The molecule has 13 heteroatoms. The molecule has 3 amide bonds. The van der Waals surface area contributed by atoms with Crippen molar-refractivity contribution in [2.24, 2.45) is 5.92 Å². The van der Waals surface area contributed by atoms with E-state index >= 15 is 0 Å². The lowest BCUT2D eigenvalue weighted by Crippen LogP contribution is -2.56. The molecule has 1 fully saturated rings. The van der Waals surface area contributed by atoms with E-state index in [4.69, 9.17) is 13.9 Å². The SMILES string of the molecule is COc1cccc2nc(C(=O)[C@H](CC(=O)O)NC(=O)[C@@H]3C[C@@H](Oc4ccccc4)CN3C(=O)[C@@H](NC(C)=O)C(C)C)oc12. The molecule has 0 unspecified atom stereocenters. The van der Waals surface area contributed by atoms with Crippen molar-refractivity contribution in [3.05, 3.63) is 54.4 Å². The average molecular weight is 595 g/mol. The largest absolute Gasteiger partial charge is 0.493 e. The van der Waals surface area contributed by atoms with Crippen LogP contribution in [-0.2, 0) is 19.2 Å². The number of fused-ring (bicyclic) bond motifs is 1. The van der Waals surface area contributed by atoms with E-state index in [9.17, 15) is 29.1 Å². The van der Waals surface area contributed by atoms with Gasteiger partial charge in [-0.1, -0.05) is 38.1 Å². The summed E-state index contributed by atoms with van der Waals surface area (Å²) in [6.07, 6.45) is -1.29. The van der Waals surface area contributed by atoms with Gasteiger partial charge in [-0.2, -0.15) is 0 Å². The van der Waals surface area contributed by atoms with Gasteiger partial charge in [-0.05, 0) is 30.2 Å². The molecule has 0 saturated carbocycles. The van der Waals surface area contributed by atoms with Crippen molar-refractivity contribution in [2.45, 2.75) is 57.8 Å². The number of carboxylic acid groups (broad SMARTS) is 1. The summed E-state index contributed by atoms with van der Waals surface area (Å²) in [7, 11) is 1.42. The van der Waals surface area contributed by atoms with E-state index in [0.29, 0.717) is 17.0 Å². The molecule has 1 aliphatic heterocycles.